The molecular weight excluding hydrogens is 592 g/mol. The first-order valence-corrected chi connectivity index (χ1v) is 15.4. The van der Waals surface area contributed by atoms with Gasteiger partial charge in [-0.15, -0.1) is 0 Å². The number of hydrogen-bond acceptors (Lipinski definition) is 9. The molecule has 2 aliphatic heterocycles. The van der Waals surface area contributed by atoms with Crippen molar-refractivity contribution in [2.45, 2.75) is 76.5 Å². The van der Waals surface area contributed by atoms with Gasteiger partial charge in [0.2, 0.25) is 11.8 Å². The molecule has 3 aromatic carbocycles. The largest absolute Gasteiger partial charge is 0.461 e. The Labute approximate surface area is 268 Å². The Hall–Kier alpha value is -4.13. The van der Waals surface area contributed by atoms with Crippen LogP contribution < -0.4 is 10.6 Å². The first kappa shape index (κ1) is 33.2. The molecule has 2 fully saturated rings. The number of ether oxygens (including phenoxy) is 6. The van der Waals surface area contributed by atoms with Gasteiger partial charge < -0.3 is 39.1 Å². The molecule has 0 bridgehead atoms. The smallest absolute Gasteiger partial charge is 0.307 e. The van der Waals surface area contributed by atoms with E-state index in [1.165, 1.54) is 6.92 Å². The number of hydrogen-bond donors (Lipinski definition) is 2. The summed E-state index contributed by atoms with van der Waals surface area (Å²) in [5.41, 5.74) is 2.60. The van der Waals surface area contributed by atoms with Crippen LogP contribution in [0.25, 0.3) is 0 Å². The van der Waals surface area contributed by atoms with Gasteiger partial charge in [0.15, 0.2) is 12.6 Å². The van der Waals surface area contributed by atoms with E-state index in [1.54, 1.807) is 6.92 Å². The highest BCUT2D eigenvalue weighted by atomic mass is 16.8. The molecule has 244 valence electrons. The Morgan fingerprint density at radius 2 is 1.50 bits per heavy atom. The van der Waals surface area contributed by atoms with Crippen molar-refractivity contribution in [3.63, 3.8) is 0 Å². The van der Waals surface area contributed by atoms with Crippen molar-refractivity contribution in [2.24, 2.45) is 0 Å². The zero-order chi connectivity index (χ0) is 32.3. The van der Waals surface area contributed by atoms with Crippen molar-refractivity contribution in [3.05, 3.63) is 108 Å². The predicted octanol–water partition coefficient (Wildman–Crippen LogP) is 3.57. The highest BCUT2D eigenvalue weighted by Gasteiger charge is 2.52. The second-order valence-corrected chi connectivity index (χ2v) is 11.2. The molecule has 2 heterocycles. The van der Waals surface area contributed by atoms with Gasteiger partial charge in [-0.1, -0.05) is 91.0 Å². The number of amides is 2. The van der Waals surface area contributed by atoms with Crippen LogP contribution in [-0.2, 0) is 56.0 Å². The SMILES string of the molecule is CC(=O)N[C@@H]1[C@H](OCc2ccccc2)O[C@H]2CO[C@@H](c3ccccc3)O[C@H]2[C@H]1O[C@@H](C)C(=O)NCCC(=O)OCc1ccccc1. The van der Waals surface area contributed by atoms with E-state index in [2.05, 4.69) is 10.6 Å². The summed E-state index contributed by atoms with van der Waals surface area (Å²) in [6, 6.07) is 27.6. The molecule has 7 atom stereocenters. The van der Waals surface area contributed by atoms with E-state index >= 15 is 0 Å². The highest BCUT2D eigenvalue weighted by Crippen LogP contribution is 2.36. The standard InChI is InChI=1S/C35H40N2O9/c1-23(33(40)36-19-18-29(39)41-20-25-12-6-3-7-13-25)44-32-30(37-24(2)38)35(42-21-26-14-8-4-9-15-26)45-28-22-43-34(46-31(28)32)27-16-10-5-11-17-27/h3-17,23,28,30-32,34-35H,18-22H2,1-2H3,(H,36,40)(H,37,38)/t23-,28-,30-,31+,32-,34+,35+/m0/s1. The highest BCUT2D eigenvalue weighted by molar-refractivity contribution is 5.81. The Morgan fingerprint density at radius 3 is 2.15 bits per heavy atom. The molecule has 3 aromatic rings. The molecule has 2 N–H and O–H groups in total. The van der Waals surface area contributed by atoms with E-state index in [1.807, 2.05) is 91.0 Å². The third-order valence-corrected chi connectivity index (χ3v) is 7.64. The van der Waals surface area contributed by atoms with Crippen molar-refractivity contribution in [2.75, 3.05) is 13.2 Å². The Morgan fingerprint density at radius 1 is 0.870 bits per heavy atom. The maximum Gasteiger partial charge on any atom is 0.307 e. The van der Waals surface area contributed by atoms with Crippen molar-refractivity contribution in [1.82, 2.24) is 10.6 Å². The van der Waals surface area contributed by atoms with Crippen LogP contribution in [0.3, 0.4) is 0 Å². The van der Waals surface area contributed by atoms with Crippen molar-refractivity contribution in [1.29, 1.82) is 0 Å². The van der Waals surface area contributed by atoms with Gasteiger partial charge in [0.05, 0.1) is 19.6 Å². The van der Waals surface area contributed by atoms with E-state index in [0.29, 0.717) is 0 Å². The third-order valence-electron chi connectivity index (χ3n) is 7.64. The molecule has 11 nitrogen and oxygen atoms in total. The van der Waals surface area contributed by atoms with E-state index in [9.17, 15) is 14.4 Å². The molecule has 0 radical (unpaired) electrons. The van der Waals surface area contributed by atoms with Gasteiger partial charge in [-0.25, -0.2) is 0 Å². The first-order chi connectivity index (χ1) is 22.4. The number of fused-ring (bicyclic) bond motifs is 1. The molecule has 46 heavy (non-hydrogen) atoms. The summed E-state index contributed by atoms with van der Waals surface area (Å²) in [6.07, 6.45) is -4.78. The van der Waals surface area contributed by atoms with Gasteiger partial charge in [-0.3, -0.25) is 14.4 Å². The minimum atomic E-state index is -0.975. The van der Waals surface area contributed by atoms with Crippen LogP contribution in [0.15, 0.2) is 91.0 Å². The van der Waals surface area contributed by atoms with Crippen LogP contribution in [0.1, 0.15) is 43.2 Å². The fourth-order valence-electron chi connectivity index (χ4n) is 5.34. The van der Waals surface area contributed by atoms with Crippen LogP contribution in [0, 0.1) is 0 Å². The molecule has 5 rings (SSSR count). The van der Waals surface area contributed by atoms with Gasteiger partial charge in [-0.05, 0) is 18.1 Å². The molecule has 0 aliphatic carbocycles. The topological polar surface area (TPSA) is 131 Å². The fraction of sp³-hybridized carbons (Fsp3) is 0.400. The monoisotopic (exact) mass is 632 g/mol. The number of esters is 1. The summed E-state index contributed by atoms with van der Waals surface area (Å²) in [4.78, 5) is 37.8. The van der Waals surface area contributed by atoms with Crippen molar-refractivity contribution >= 4 is 17.8 Å². The lowest BCUT2D eigenvalue weighted by atomic mass is 9.95. The van der Waals surface area contributed by atoms with Gasteiger partial charge >= 0.3 is 5.97 Å². The summed E-state index contributed by atoms with van der Waals surface area (Å²) in [6.45, 7) is 3.61. The van der Waals surface area contributed by atoms with E-state index < -0.39 is 54.9 Å². The van der Waals surface area contributed by atoms with Gasteiger partial charge in [0, 0.05) is 19.0 Å². The van der Waals surface area contributed by atoms with E-state index in [-0.39, 0.29) is 38.7 Å². The number of carbonyl (C=O) groups is 3. The van der Waals surface area contributed by atoms with Gasteiger partial charge in [0.1, 0.15) is 37.1 Å². The Balaban J connectivity index is 1.26. The van der Waals surface area contributed by atoms with Gasteiger partial charge in [0.25, 0.3) is 0 Å². The summed E-state index contributed by atoms with van der Waals surface area (Å²) in [7, 11) is 0. The summed E-state index contributed by atoms with van der Waals surface area (Å²) < 4.78 is 36.6. The van der Waals surface area contributed by atoms with Crippen LogP contribution in [-0.4, -0.2) is 67.7 Å². The maximum atomic E-state index is 13.1. The lowest BCUT2D eigenvalue weighted by Crippen LogP contribution is -2.68. The summed E-state index contributed by atoms with van der Waals surface area (Å²) in [5.74, 6) is -1.20. The molecule has 0 unspecified atom stereocenters. The minimum Gasteiger partial charge on any atom is -0.461 e. The lowest BCUT2D eigenvalue weighted by molar-refractivity contribution is -0.351. The molecular formula is C35H40N2O9. The molecule has 0 saturated carbocycles. The predicted molar refractivity (Wildman–Crippen MR) is 166 cm³/mol. The van der Waals surface area contributed by atoms with Crippen LogP contribution in [0.5, 0.6) is 0 Å². The molecule has 0 spiro atoms. The quantitative estimate of drug-likeness (QED) is 0.272. The second-order valence-electron chi connectivity index (χ2n) is 11.2. The molecule has 2 amide bonds. The minimum absolute atomic E-state index is 0.00359. The van der Waals surface area contributed by atoms with Crippen LogP contribution >= 0.6 is 0 Å². The van der Waals surface area contributed by atoms with Crippen LogP contribution in [0.4, 0.5) is 0 Å². The molecule has 2 aliphatic rings. The van der Waals surface area contributed by atoms with Gasteiger partial charge in [-0.2, -0.15) is 0 Å². The number of carbonyl (C=O) groups excluding carboxylic acids is 3. The van der Waals surface area contributed by atoms with Crippen molar-refractivity contribution in [3.8, 4) is 0 Å². The molecule has 11 heteroatoms. The second kappa shape index (κ2) is 16.4. The van der Waals surface area contributed by atoms with E-state index in [4.69, 9.17) is 28.4 Å². The molecule has 2 saturated heterocycles. The number of nitrogens with one attached hydrogen (secondary N) is 2. The fourth-order valence-corrected chi connectivity index (χ4v) is 5.34. The number of benzene rings is 3. The lowest BCUT2D eigenvalue weighted by Gasteiger charge is -2.49. The normalized spacial score (nSPS) is 24.7. The third kappa shape index (κ3) is 9.21. The first-order valence-electron chi connectivity index (χ1n) is 15.4. The summed E-state index contributed by atoms with van der Waals surface area (Å²) in [5, 5.41) is 5.65. The van der Waals surface area contributed by atoms with Crippen LogP contribution in [0.2, 0.25) is 0 Å². The van der Waals surface area contributed by atoms with E-state index in [0.717, 1.165) is 16.7 Å². The number of rotatable bonds is 13. The Bertz CT molecular complexity index is 1410. The maximum absolute atomic E-state index is 13.1. The zero-order valence-corrected chi connectivity index (χ0v) is 25.9. The average Bonchev–Trinajstić information content (AvgIpc) is 3.08. The zero-order valence-electron chi connectivity index (χ0n) is 25.9. The van der Waals surface area contributed by atoms with Crippen molar-refractivity contribution < 1.29 is 42.8 Å². The molecule has 0 aromatic heterocycles. The average molecular weight is 633 g/mol. The summed E-state index contributed by atoms with van der Waals surface area (Å²) >= 11 is 0. The Kier molecular flexibility index (Phi) is 11.9.